The number of H-pyrrole nitrogens is 1. The number of anilines is 1. The summed E-state index contributed by atoms with van der Waals surface area (Å²) in [5, 5.41) is 3.82. The fourth-order valence-corrected chi connectivity index (χ4v) is 3.60. The molecule has 3 heterocycles. The van der Waals surface area contributed by atoms with Gasteiger partial charge in [0.1, 0.15) is 22.7 Å². The topological polar surface area (TPSA) is 79.9 Å². The molecule has 3 aromatic rings. The number of halogens is 1. The van der Waals surface area contributed by atoms with Crippen LogP contribution in [0.3, 0.4) is 0 Å². The van der Waals surface area contributed by atoms with Crippen LogP contribution in [0.1, 0.15) is 43.5 Å². The van der Waals surface area contributed by atoms with E-state index in [1.807, 2.05) is 38.2 Å². The lowest BCUT2D eigenvalue weighted by molar-refractivity contribution is 0.0620. The molecule has 1 aliphatic heterocycles. The van der Waals surface area contributed by atoms with Crippen molar-refractivity contribution in [3.05, 3.63) is 36.2 Å². The van der Waals surface area contributed by atoms with Crippen LogP contribution in [-0.4, -0.2) is 38.5 Å². The average molecular weight is 380 g/mol. The Hall–Kier alpha value is -2.96. The van der Waals surface area contributed by atoms with E-state index in [1.165, 1.54) is 0 Å². The summed E-state index contributed by atoms with van der Waals surface area (Å²) in [6.45, 7) is 4.06. The SMILES string of the molecule is CC1(C)CC(=O)c2ccc(-c3c[nH]c4nc(NCC5(F)CC5)ncc34)cc2O1. The summed E-state index contributed by atoms with van der Waals surface area (Å²) in [7, 11) is 0. The molecule has 0 unspecified atom stereocenters. The Morgan fingerprint density at radius 3 is 2.89 bits per heavy atom. The van der Waals surface area contributed by atoms with Crippen LogP contribution in [0.5, 0.6) is 5.75 Å². The second-order valence-corrected chi connectivity index (χ2v) is 8.34. The molecule has 0 saturated heterocycles. The highest BCUT2D eigenvalue weighted by Gasteiger charge is 2.43. The standard InChI is InChI=1S/C21H21FN4O2/c1-20(2)8-16(27)13-4-3-12(7-17(13)28-20)14-9-23-18-15(14)10-24-19(26-18)25-11-21(22)5-6-21/h3-4,7,9-10H,5-6,8,11H2,1-2H3,(H2,23,24,25,26). The number of hydrogen-bond acceptors (Lipinski definition) is 5. The van der Waals surface area contributed by atoms with Crippen molar-refractivity contribution in [1.29, 1.82) is 0 Å². The fraction of sp³-hybridized carbons (Fsp3) is 0.381. The molecular formula is C21H21FN4O2. The minimum Gasteiger partial charge on any atom is -0.487 e. The molecule has 1 saturated carbocycles. The number of alkyl halides is 1. The van der Waals surface area contributed by atoms with Gasteiger partial charge in [0.2, 0.25) is 5.95 Å². The van der Waals surface area contributed by atoms with Gasteiger partial charge in [-0.15, -0.1) is 0 Å². The molecule has 0 atom stereocenters. The van der Waals surface area contributed by atoms with E-state index in [0.29, 0.717) is 42.2 Å². The maximum absolute atomic E-state index is 13.8. The summed E-state index contributed by atoms with van der Waals surface area (Å²) >= 11 is 0. The molecule has 2 N–H and O–H groups in total. The van der Waals surface area contributed by atoms with E-state index in [2.05, 4.69) is 20.3 Å². The lowest BCUT2D eigenvalue weighted by Gasteiger charge is -2.31. The number of aromatic amines is 1. The molecule has 7 heteroatoms. The van der Waals surface area contributed by atoms with Crippen LogP contribution in [-0.2, 0) is 0 Å². The first-order valence-electron chi connectivity index (χ1n) is 9.46. The maximum Gasteiger partial charge on any atom is 0.224 e. The van der Waals surface area contributed by atoms with Crippen molar-refractivity contribution in [3.63, 3.8) is 0 Å². The van der Waals surface area contributed by atoms with Crippen LogP contribution in [0.25, 0.3) is 22.2 Å². The number of nitrogens with one attached hydrogen (secondary N) is 2. The largest absolute Gasteiger partial charge is 0.487 e. The van der Waals surface area contributed by atoms with E-state index in [1.54, 1.807) is 6.20 Å². The first-order valence-corrected chi connectivity index (χ1v) is 9.46. The van der Waals surface area contributed by atoms with Crippen molar-refractivity contribution in [3.8, 4) is 16.9 Å². The van der Waals surface area contributed by atoms with Crippen LogP contribution in [0, 0.1) is 0 Å². The lowest BCUT2D eigenvalue weighted by atomic mass is 9.91. The predicted molar refractivity (Wildman–Crippen MR) is 105 cm³/mol. The van der Waals surface area contributed by atoms with Crippen molar-refractivity contribution in [1.82, 2.24) is 15.0 Å². The Labute approximate surface area is 161 Å². The zero-order chi connectivity index (χ0) is 19.5. The number of fused-ring (bicyclic) bond motifs is 2. The van der Waals surface area contributed by atoms with Crippen LogP contribution < -0.4 is 10.1 Å². The van der Waals surface area contributed by atoms with Crippen molar-refractivity contribution in [2.75, 3.05) is 11.9 Å². The van der Waals surface area contributed by atoms with Crippen molar-refractivity contribution in [2.45, 2.75) is 44.4 Å². The smallest absolute Gasteiger partial charge is 0.224 e. The quantitative estimate of drug-likeness (QED) is 0.706. The third-order valence-electron chi connectivity index (χ3n) is 5.35. The highest BCUT2D eigenvalue weighted by molar-refractivity contribution is 6.02. The third kappa shape index (κ3) is 3.00. The number of carbonyl (C=O) groups excluding carboxylic acids is 1. The zero-order valence-electron chi connectivity index (χ0n) is 15.8. The van der Waals surface area contributed by atoms with Gasteiger partial charge >= 0.3 is 0 Å². The first kappa shape index (κ1) is 17.2. The number of hydrogen-bond donors (Lipinski definition) is 2. The molecule has 2 aliphatic rings. The average Bonchev–Trinajstić information content (AvgIpc) is 3.23. The second kappa shape index (κ2) is 5.77. The highest BCUT2D eigenvalue weighted by Crippen LogP contribution is 2.40. The molecule has 0 bridgehead atoms. The maximum atomic E-state index is 13.8. The Morgan fingerprint density at radius 2 is 2.11 bits per heavy atom. The molecule has 28 heavy (non-hydrogen) atoms. The number of carbonyl (C=O) groups is 1. The Kier molecular flexibility index (Phi) is 3.53. The van der Waals surface area contributed by atoms with Gasteiger partial charge in [0.05, 0.1) is 18.5 Å². The zero-order valence-corrected chi connectivity index (χ0v) is 15.8. The molecule has 144 valence electrons. The number of Topliss-reactive ketones (excluding diaryl/α,β-unsaturated/α-hetero) is 1. The summed E-state index contributed by atoms with van der Waals surface area (Å²) in [5.41, 5.74) is 1.51. The monoisotopic (exact) mass is 380 g/mol. The Morgan fingerprint density at radius 1 is 1.29 bits per heavy atom. The third-order valence-corrected chi connectivity index (χ3v) is 5.35. The van der Waals surface area contributed by atoms with Gasteiger partial charge in [0.25, 0.3) is 0 Å². The second-order valence-electron chi connectivity index (χ2n) is 8.34. The summed E-state index contributed by atoms with van der Waals surface area (Å²) in [6.07, 6.45) is 5.14. The summed E-state index contributed by atoms with van der Waals surface area (Å²) in [6, 6.07) is 5.62. The summed E-state index contributed by atoms with van der Waals surface area (Å²) in [5.74, 6) is 1.10. The molecule has 1 aromatic carbocycles. The molecule has 1 aliphatic carbocycles. The fourth-order valence-electron chi connectivity index (χ4n) is 3.60. The molecule has 2 aromatic heterocycles. The van der Waals surface area contributed by atoms with Gasteiger partial charge in [-0.1, -0.05) is 6.07 Å². The number of ketones is 1. The van der Waals surface area contributed by atoms with Gasteiger partial charge in [0, 0.05) is 23.3 Å². The molecular weight excluding hydrogens is 359 g/mol. The minimum absolute atomic E-state index is 0.0945. The van der Waals surface area contributed by atoms with Crippen LogP contribution >= 0.6 is 0 Å². The normalized spacial score (nSPS) is 19.2. The number of ether oxygens (including phenoxy) is 1. The Bertz CT molecular complexity index is 1100. The van der Waals surface area contributed by atoms with E-state index < -0.39 is 11.3 Å². The van der Waals surface area contributed by atoms with E-state index in [9.17, 15) is 9.18 Å². The van der Waals surface area contributed by atoms with Gasteiger partial charge in [-0.05, 0) is 44.4 Å². The van der Waals surface area contributed by atoms with E-state index in [-0.39, 0.29) is 12.3 Å². The van der Waals surface area contributed by atoms with Crippen molar-refractivity contribution >= 4 is 22.8 Å². The van der Waals surface area contributed by atoms with Gasteiger partial charge < -0.3 is 15.0 Å². The number of rotatable bonds is 4. The Balaban J connectivity index is 1.47. The molecule has 1 fully saturated rings. The van der Waals surface area contributed by atoms with Crippen molar-refractivity contribution in [2.24, 2.45) is 0 Å². The van der Waals surface area contributed by atoms with Gasteiger partial charge in [-0.25, -0.2) is 9.37 Å². The molecule has 0 spiro atoms. The molecule has 0 amide bonds. The molecule has 0 radical (unpaired) electrons. The number of benzene rings is 1. The van der Waals surface area contributed by atoms with E-state index in [0.717, 1.165) is 16.5 Å². The summed E-state index contributed by atoms with van der Waals surface area (Å²) in [4.78, 5) is 24.3. The first-order chi connectivity index (χ1) is 13.3. The van der Waals surface area contributed by atoms with E-state index in [4.69, 9.17) is 4.74 Å². The van der Waals surface area contributed by atoms with Crippen molar-refractivity contribution < 1.29 is 13.9 Å². The predicted octanol–water partition coefficient (Wildman–Crippen LogP) is 4.28. The number of nitrogens with zero attached hydrogens (tertiary/aromatic N) is 2. The molecule has 5 rings (SSSR count). The summed E-state index contributed by atoms with van der Waals surface area (Å²) < 4.78 is 19.8. The van der Waals surface area contributed by atoms with Crippen LogP contribution in [0.15, 0.2) is 30.6 Å². The van der Waals surface area contributed by atoms with Gasteiger partial charge in [-0.3, -0.25) is 4.79 Å². The van der Waals surface area contributed by atoms with Gasteiger partial charge in [0.15, 0.2) is 5.78 Å². The van der Waals surface area contributed by atoms with Crippen LogP contribution in [0.2, 0.25) is 0 Å². The van der Waals surface area contributed by atoms with E-state index >= 15 is 0 Å². The van der Waals surface area contributed by atoms with Crippen LogP contribution in [0.4, 0.5) is 10.3 Å². The highest BCUT2D eigenvalue weighted by atomic mass is 19.1. The number of aromatic nitrogens is 3. The molecule has 6 nitrogen and oxygen atoms in total. The van der Waals surface area contributed by atoms with Gasteiger partial charge in [-0.2, -0.15) is 4.98 Å². The minimum atomic E-state index is -1.10. The lowest BCUT2D eigenvalue weighted by Crippen LogP contribution is -2.35.